The third-order valence-corrected chi connectivity index (χ3v) is 3.29. The maximum atomic E-state index is 5.20. The predicted molar refractivity (Wildman–Crippen MR) is 98.9 cm³/mol. The number of hydrogen-bond donors (Lipinski definition) is 2. The number of hydrogen-bond acceptors (Lipinski definition) is 3. The van der Waals surface area contributed by atoms with Gasteiger partial charge < -0.3 is 10.2 Å². The van der Waals surface area contributed by atoms with Crippen molar-refractivity contribution in [2.75, 3.05) is 24.3 Å². The van der Waals surface area contributed by atoms with Crippen LogP contribution in [-0.4, -0.2) is 25.4 Å². The van der Waals surface area contributed by atoms with Gasteiger partial charge in [0.05, 0.1) is 6.21 Å². The second kappa shape index (κ2) is 7.56. The van der Waals surface area contributed by atoms with Gasteiger partial charge in [0.2, 0.25) is 0 Å². The molecule has 4 nitrogen and oxygen atoms in total. The lowest BCUT2D eigenvalue weighted by Crippen LogP contribution is -2.23. The number of nitrogens with zero attached hydrogens (tertiary/aromatic N) is 2. The summed E-state index contributed by atoms with van der Waals surface area (Å²) in [6, 6.07) is 16.1. The summed E-state index contributed by atoms with van der Waals surface area (Å²) in [4.78, 5) is 2.06. The first-order valence-corrected chi connectivity index (χ1v) is 7.39. The lowest BCUT2D eigenvalue weighted by molar-refractivity contribution is 1.05. The molecule has 114 valence electrons. The summed E-state index contributed by atoms with van der Waals surface area (Å²) in [6.45, 7) is 2.05. The zero-order valence-electron chi connectivity index (χ0n) is 13.0. The number of rotatable bonds is 4. The van der Waals surface area contributed by atoms with Crippen LogP contribution in [0, 0.1) is 6.92 Å². The minimum absolute atomic E-state index is 0.463. The highest BCUT2D eigenvalue weighted by Crippen LogP contribution is 2.11. The van der Waals surface area contributed by atoms with Gasteiger partial charge in [0.1, 0.15) is 0 Å². The summed E-state index contributed by atoms with van der Waals surface area (Å²) < 4.78 is 0. The third kappa shape index (κ3) is 4.86. The van der Waals surface area contributed by atoms with Crippen molar-refractivity contribution in [2.45, 2.75) is 6.92 Å². The van der Waals surface area contributed by atoms with E-state index in [4.69, 9.17) is 12.2 Å². The fourth-order valence-corrected chi connectivity index (χ4v) is 1.99. The molecule has 2 aromatic rings. The van der Waals surface area contributed by atoms with E-state index in [1.807, 2.05) is 69.6 Å². The van der Waals surface area contributed by atoms with Gasteiger partial charge in [0.25, 0.3) is 0 Å². The van der Waals surface area contributed by atoms with Gasteiger partial charge in [-0.2, -0.15) is 5.10 Å². The zero-order chi connectivity index (χ0) is 15.9. The van der Waals surface area contributed by atoms with E-state index >= 15 is 0 Å². The first-order chi connectivity index (χ1) is 10.5. The number of nitrogens with one attached hydrogen (secondary N) is 2. The molecule has 2 rings (SSSR count). The highest BCUT2D eigenvalue weighted by Gasteiger charge is 1.96. The van der Waals surface area contributed by atoms with Crippen molar-refractivity contribution >= 4 is 34.9 Å². The summed E-state index contributed by atoms with van der Waals surface area (Å²) in [6.07, 6.45) is 1.74. The van der Waals surface area contributed by atoms with Crippen LogP contribution < -0.4 is 15.6 Å². The van der Waals surface area contributed by atoms with Crippen LogP contribution in [-0.2, 0) is 0 Å². The predicted octanol–water partition coefficient (Wildman–Crippen LogP) is 3.38. The fraction of sp³-hybridized carbons (Fsp3) is 0.176. The quantitative estimate of drug-likeness (QED) is 0.516. The number of benzene rings is 2. The molecule has 0 atom stereocenters. The Morgan fingerprint density at radius 3 is 2.27 bits per heavy atom. The molecule has 0 amide bonds. The van der Waals surface area contributed by atoms with Crippen molar-refractivity contribution in [2.24, 2.45) is 5.10 Å². The monoisotopic (exact) mass is 312 g/mol. The molecule has 0 aliphatic heterocycles. The van der Waals surface area contributed by atoms with Crippen LogP contribution in [0.5, 0.6) is 0 Å². The molecule has 0 fully saturated rings. The van der Waals surface area contributed by atoms with Crippen molar-refractivity contribution in [3.05, 3.63) is 59.7 Å². The normalized spacial score (nSPS) is 10.5. The molecule has 0 aliphatic carbocycles. The van der Waals surface area contributed by atoms with Crippen molar-refractivity contribution < 1.29 is 0 Å². The maximum absolute atomic E-state index is 5.20. The van der Waals surface area contributed by atoms with Gasteiger partial charge in [-0.3, -0.25) is 5.43 Å². The molecule has 0 radical (unpaired) electrons. The van der Waals surface area contributed by atoms with Crippen molar-refractivity contribution in [1.29, 1.82) is 0 Å². The largest absolute Gasteiger partial charge is 0.378 e. The lowest BCUT2D eigenvalue weighted by atomic mass is 10.2. The summed E-state index contributed by atoms with van der Waals surface area (Å²) >= 11 is 5.20. The standard InChI is InChI=1S/C17H20N4S/c1-13-4-8-15(9-5-13)19-17(22)20-18-12-14-6-10-16(11-7-14)21(2)3/h4-12H,1-3H3,(H2,19,20,22)/b18-12-. The van der Waals surface area contributed by atoms with Crippen molar-refractivity contribution in [1.82, 2.24) is 5.43 Å². The van der Waals surface area contributed by atoms with Crippen molar-refractivity contribution in [3.63, 3.8) is 0 Å². The lowest BCUT2D eigenvalue weighted by Gasteiger charge is -2.11. The number of thiocarbonyl (C=S) groups is 1. The summed E-state index contributed by atoms with van der Waals surface area (Å²) in [7, 11) is 4.03. The summed E-state index contributed by atoms with van der Waals surface area (Å²) in [5.74, 6) is 0. The molecule has 0 unspecified atom stereocenters. The molecule has 22 heavy (non-hydrogen) atoms. The number of anilines is 2. The first kappa shape index (κ1) is 16.0. The smallest absolute Gasteiger partial charge is 0.191 e. The second-order valence-electron chi connectivity index (χ2n) is 5.18. The molecule has 0 heterocycles. The maximum Gasteiger partial charge on any atom is 0.191 e. The molecule has 0 aliphatic rings. The molecule has 2 N–H and O–H groups in total. The second-order valence-corrected chi connectivity index (χ2v) is 5.58. The van der Waals surface area contributed by atoms with E-state index in [1.165, 1.54) is 5.56 Å². The Labute approximate surface area is 136 Å². The van der Waals surface area contributed by atoms with Crippen LogP contribution in [0.2, 0.25) is 0 Å². The SMILES string of the molecule is Cc1ccc(NC(=S)N/N=C\c2ccc(N(C)C)cc2)cc1. The minimum atomic E-state index is 0.463. The van der Waals surface area contributed by atoms with Crippen LogP contribution in [0.3, 0.4) is 0 Å². The van der Waals surface area contributed by atoms with Gasteiger partial charge >= 0.3 is 0 Å². The summed E-state index contributed by atoms with van der Waals surface area (Å²) in [5, 5.41) is 7.68. The molecule has 0 aromatic heterocycles. The van der Waals surface area contributed by atoms with Gasteiger partial charge in [-0.25, -0.2) is 0 Å². The number of hydrazone groups is 1. The Bertz CT molecular complexity index is 645. The van der Waals surface area contributed by atoms with E-state index in [1.54, 1.807) is 6.21 Å². The average molecular weight is 312 g/mol. The highest BCUT2D eigenvalue weighted by atomic mass is 32.1. The van der Waals surface area contributed by atoms with Crippen LogP contribution >= 0.6 is 12.2 Å². The molecule has 5 heteroatoms. The van der Waals surface area contributed by atoms with E-state index in [0.717, 1.165) is 16.9 Å². The third-order valence-electron chi connectivity index (χ3n) is 3.10. The molecular formula is C17H20N4S. The van der Waals surface area contributed by atoms with Gasteiger partial charge in [0.15, 0.2) is 5.11 Å². The van der Waals surface area contributed by atoms with Gasteiger partial charge in [0, 0.05) is 25.5 Å². The molecule has 0 bridgehead atoms. The van der Waals surface area contributed by atoms with E-state index in [2.05, 4.69) is 20.7 Å². The fourth-order valence-electron chi connectivity index (χ4n) is 1.82. The van der Waals surface area contributed by atoms with E-state index in [9.17, 15) is 0 Å². The van der Waals surface area contributed by atoms with Crippen molar-refractivity contribution in [3.8, 4) is 0 Å². The Balaban J connectivity index is 1.86. The van der Waals surface area contributed by atoms with Crippen LogP contribution in [0.15, 0.2) is 53.6 Å². The van der Waals surface area contributed by atoms with Gasteiger partial charge in [-0.05, 0) is 49.0 Å². The highest BCUT2D eigenvalue weighted by molar-refractivity contribution is 7.80. The van der Waals surface area contributed by atoms with Crippen LogP contribution in [0.25, 0.3) is 0 Å². The Morgan fingerprint density at radius 2 is 1.68 bits per heavy atom. The van der Waals surface area contributed by atoms with Gasteiger partial charge in [-0.15, -0.1) is 0 Å². The average Bonchev–Trinajstić information content (AvgIpc) is 2.50. The Hall–Kier alpha value is -2.40. The van der Waals surface area contributed by atoms with E-state index in [0.29, 0.717) is 5.11 Å². The van der Waals surface area contributed by atoms with Crippen LogP contribution in [0.4, 0.5) is 11.4 Å². The Morgan fingerprint density at radius 1 is 1.05 bits per heavy atom. The molecule has 0 saturated heterocycles. The van der Waals surface area contributed by atoms with E-state index in [-0.39, 0.29) is 0 Å². The van der Waals surface area contributed by atoms with E-state index < -0.39 is 0 Å². The topological polar surface area (TPSA) is 39.7 Å². The Kier molecular flexibility index (Phi) is 5.49. The van der Waals surface area contributed by atoms with Crippen LogP contribution in [0.1, 0.15) is 11.1 Å². The molecule has 0 spiro atoms. The molecular weight excluding hydrogens is 292 g/mol. The minimum Gasteiger partial charge on any atom is -0.378 e. The van der Waals surface area contributed by atoms with Gasteiger partial charge in [-0.1, -0.05) is 29.8 Å². The zero-order valence-corrected chi connectivity index (χ0v) is 13.8. The number of aryl methyl sites for hydroxylation is 1. The molecule has 0 saturated carbocycles. The molecule has 2 aromatic carbocycles. The summed E-state index contributed by atoms with van der Waals surface area (Å²) in [5.41, 5.74) is 7.13. The first-order valence-electron chi connectivity index (χ1n) is 6.99.